The van der Waals surface area contributed by atoms with Crippen LogP contribution in [0.1, 0.15) is 12.8 Å². The summed E-state index contributed by atoms with van der Waals surface area (Å²) in [5.41, 5.74) is 0. The number of thiocarbonyl (C=S) groups is 1. The molecule has 1 aliphatic rings. The van der Waals surface area contributed by atoms with Crippen LogP contribution in [0.5, 0.6) is 5.75 Å². The van der Waals surface area contributed by atoms with Crippen molar-refractivity contribution in [2.24, 2.45) is 0 Å². The second-order valence-corrected chi connectivity index (χ2v) is 7.58. The molecule has 134 valence electrons. The minimum Gasteiger partial charge on any atom is -0.492 e. The van der Waals surface area contributed by atoms with Gasteiger partial charge in [-0.15, -0.1) is 0 Å². The van der Waals surface area contributed by atoms with Crippen molar-refractivity contribution in [1.82, 2.24) is 9.80 Å². The van der Waals surface area contributed by atoms with E-state index in [1.807, 2.05) is 7.05 Å². The molecule has 0 saturated carbocycles. The molecule has 1 aromatic rings. The van der Waals surface area contributed by atoms with Gasteiger partial charge in [-0.25, -0.2) is 0 Å². The van der Waals surface area contributed by atoms with Gasteiger partial charge >= 0.3 is 5.97 Å². The summed E-state index contributed by atoms with van der Waals surface area (Å²) in [4.78, 5) is 14.5. The molecule has 1 N–H and O–H groups in total. The highest BCUT2D eigenvalue weighted by molar-refractivity contribution is 8.22. The van der Waals surface area contributed by atoms with Crippen molar-refractivity contribution >= 4 is 57.5 Å². The summed E-state index contributed by atoms with van der Waals surface area (Å²) in [6.07, 6.45) is 0.541. The minimum absolute atomic E-state index is 0.0885. The van der Waals surface area contributed by atoms with Gasteiger partial charge < -0.3 is 14.7 Å². The van der Waals surface area contributed by atoms with E-state index in [4.69, 9.17) is 45.3 Å². The Balaban J connectivity index is 0.000000272. The van der Waals surface area contributed by atoms with E-state index in [1.165, 1.54) is 0 Å². The molecule has 0 unspecified atom stereocenters. The Morgan fingerprint density at radius 2 is 2.12 bits per heavy atom. The van der Waals surface area contributed by atoms with Crippen molar-refractivity contribution in [1.29, 1.82) is 0 Å². The quantitative estimate of drug-likeness (QED) is 0.580. The third-order valence-corrected chi connectivity index (χ3v) is 5.18. The predicted molar refractivity (Wildman–Crippen MR) is 104 cm³/mol. The molecule has 0 spiro atoms. The highest BCUT2D eigenvalue weighted by Crippen LogP contribution is 2.27. The molecule has 1 saturated heterocycles. The SMILES string of the molecule is CN1CSC(=S)N(C)C1.O=C(O)CCCOc1ccc(Cl)cc1Cl. The summed E-state index contributed by atoms with van der Waals surface area (Å²) < 4.78 is 6.30. The molecule has 0 radical (unpaired) electrons. The zero-order chi connectivity index (χ0) is 18.1. The molecule has 0 aliphatic carbocycles. The van der Waals surface area contributed by atoms with Crippen LogP contribution in [-0.4, -0.2) is 58.4 Å². The van der Waals surface area contributed by atoms with Gasteiger partial charge in [0.2, 0.25) is 0 Å². The molecule has 0 aromatic heterocycles. The second kappa shape index (κ2) is 11.0. The van der Waals surface area contributed by atoms with Crippen molar-refractivity contribution in [2.45, 2.75) is 12.8 Å². The topological polar surface area (TPSA) is 53.0 Å². The van der Waals surface area contributed by atoms with Crippen LogP contribution in [0, 0.1) is 0 Å². The zero-order valence-electron chi connectivity index (χ0n) is 13.5. The van der Waals surface area contributed by atoms with Crippen molar-refractivity contribution in [3.05, 3.63) is 28.2 Å². The average Bonchev–Trinajstić information content (AvgIpc) is 2.50. The third-order valence-electron chi connectivity index (χ3n) is 2.86. The summed E-state index contributed by atoms with van der Waals surface area (Å²) in [6, 6.07) is 4.90. The Bertz CT molecular complexity index is 576. The maximum Gasteiger partial charge on any atom is 0.303 e. The number of nitrogens with zero attached hydrogens (tertiary/aromatic N) is 2. The second-order valence-electron chi connectivity index (χ2n) is 5.16. The van der Waals surface area contributed by atoms with E-state index in [1.54, 1.807) is 30.0 Å². The van der Waals surface area contributed by atoms with Crippen LogP contribution in [0.2, 0.25) is 10.0 Å². The third kappa shape index (κ3) is 8.39. The lowest BCUT2D eigenvalue weighted by molar-refractivity contribution is -0.137. The van der Waals surface area contributed by atoms with Gasteiger partial charge in [0.05, 0.1) is 24.2 Å². The van der Waals surface area contributed by atoms with E-state index in [2.05, 4.69) is 16.8 Å². The van der Waals surface area contributed by atoms with E-state index in [0.717, 1.165) is 16.9 Å². The molecule has 0 amide bonds. The van der Waals surface area contributed by atoms with E-state index in [-0.39, 0.29) is 6.42 Å². The number of aliphatic carboxylic acids is 1. The molecule has 0 bridgehead atoms. The van der Waals surface area contributed by atoms with E-state index in [0.29, 0.717) is 28.8 Å². The first kappa shape index (κ1) is 21.3. The number of hydrogen-bond donors (Lipinski definition) is 1. The van der Waals surface area contributed by atoms with Gasteiger partial charge in [-0.05, 0) is 31.7 Å². The lowest BCUT2D eigenvalue weighted by Gasteiger charge is -2.31. The van der Waals surface area contributed by atoms with Crippen molar-refractivity contribution in [2.75, 3.05) is 33.2 Å². The van der Waals surface area contributed by atoms with Crippen LogP contribution in [-0.2, 0) is 4.79 Å². The van der Waals surface area contributed by atoms with Crippen molar-refractivity contribution < 1.29 is 14.6 Å². The zero-order valence-corrected chi connectivity index (χ0v) is 16.6. The molecule has 24 heavy (non-hydrogen) atoms. The predicted octanol–water partition coefficient (Wildman–Crippen LogP) is 4.03. The lowest BCUT2D eigenvalue weighted by atomic mass is 10.3. The van der Waals surface area contributed by atoms with Crippen molar-refractivity contribution in [3.8, 4) is 5.75 Å². The van der Waals surface area contributed by atoms with Gasteiger partial charge in [0.1, 0.15) is 10.1 Å². The van der Waals surface area contributed by atoms with Gasteiger partial charge in [-0.3, -0.25) is 9.69 Å². The molecular formula is C15H20Cl2N2O3S2. The monoisotopic (exact) mass is 410 g/mol. The maximum absolute atomic E-state index is 10.2. The van der Waals surface area contributed by atoms with E-state index < -0.39 is 5.97 Å². The van der Waals surface area contributed by atoms with Crippen LogP contribution >= 0.6 is 47.2 Å². The smallest absolute Gasteiger partial charge is 0.303 e. The molecule has 1 aromatic carbocycles. The number of ether oxygens (including phenoxy) is 1. The van der Waals surface area contributed by atoms with Gasteiger partial charge in [0.15, 0.2) is 0 Å². The van der Waals surface area contributed by atoms with E-state index in [9.17, 15) is 4.79 Å². The van der Waals surface area contributed by atoms with Crippen LogP contribution < -0.4 is 4.74 Å². The fourth-order valence-corrected chi connectivity index (χ4v) is 3.10. The first-order valence-corrected chi connectivity index (χ1v) is 9.30. The standard InChI is InChI=1S/C10H10Cl2O3.C5H10N2S2/c11-7-3-4-9(8(12)6-7)15-5-1-2-10(13)14;1-6-3-7(2)5(8)9-4-6/h3-4,6H,1-2,5H2,(H,13,14);3-4H2,1-2H3. The Morgan fingerprint density at radius 1 is 1.42 bits per heavy atom. The van der Waals surface area contributed by atoms with Gasteiger partial charge in [-0.1, -0.05) is 47.2 Å². The fraction of sp³-hybridized carbons (Fsp3) is 0.467. The fourth-order valence-electron chi connectivity index (χ4n) is 1.73. The Labute approximate surface area is 161 Å². The number of rotatable bonds is 5. The van der Waals surface area contributed by atoms with E-state index >= 15 is 0 Å². The highest BCUT2D eigenvalue weighted by Gasteiger charge is 2.13. The molecule has 1 aliphatic heterocycles. The number of benzene rings is 1. The van der Waals surface area contributed by atoms with Crippen molar-refractivity contribution in [3.63, 3.8) is 0 Å². The van der Waals surface area contributed by atoms with Crippen LogP contribution in [0.4, 0.5) is 0 Å². The first-order valence-electron chi connectivity index (χ1n) is 7.15. The van der Waals surface area contributed by atoms with Gasteiger partial charge in [0, 0.05) is 18.5 Å². The molecule has 9 heteroatoms. The molecule has 1 fully saturated rings. The number of halogens is 2. The maximum atomic E-state index is 10.2. The highest BCUT2D eigenvalue weighted by atomic mass is 35.5. The number of hydrogen-bond acceptors (Lipinski definition) is 5. The summed E-state index contributed by atoms with van der Waals surface area (Å²) >= 11 is 18.3. The van der Waals surface area contributed by atoms with Crippen LogP contribution in [0.3, 0.4) is 0 Å². The summed E-state index contributed by atoms with van der Waals surface area (Å²) in [6.45, 7) is 1.29. The molecule has 0 atom stereocenters. The molecular weight excluding hydrogens is 391 g/mol. The first-order chi connectivity index (χ1) is 11.3. The Hall–Kier alpha value is -0.730. The summed E-state index contributed by atoms with van der Waals surface area (Å²) in [5, 5.41) is 9.37. The summed E-state index contributed by atoms with van der Waals surface area (Å²) in [7, 11) is 4.11. The Morgan fingerprint density at radius 3 is 2.67 bits per heavy atom. The average molecular weight is 411 g/mol. The van der Waals surface area contributed by atoms with Crippen LogP contribution in [0.25, 0.3) is 0 Å². The largest absolute Gasteiger partial charge is 0.492 e. The van der Waals surface area contributed by atoms with Gasteiger partial charge in [0.25, 0.3) is 0 Å². The normalized spacial score (nSPS) is 14.8. The minimum atomic E-state index is -0.833. The van der Waals surface area contributed by atoms with Crippen LogP contribution in [0.15, 0.2) is 18.2 Å². The number of carbonyl (C=O) groups is 1. The summed E-state index contributed by atoms with van der Waals surface area (Å²) in [5.74, 6) is 0.718. The lowest BCUT2D eigenvalue weighted by Crippen LogP contribution is -2.40. The molecule has 1 heterocycles. The molecule has 5 nitrogen and oxygen atoms in total. The molecule has 2 rings (SSSR count). The number of thioether (sulfide) groups is 1. The Kier molecular flexibility index (Phi) is 9.76. The number of carboxylic acid groups (broad SMARTS) is 1. The van der Waals surface area contributed by atoms with Gasteiger partial charge in [-0.2, -0.15) is 0 Å². The number of carboxylic acids is 1.